The molecule has 0 aliphatic heterocycles. The van der Waals surface area contributed by atoms with Gasteiger partial charge >= 0.3 is 6.01 Å². The summed E-state index contributed by atoms with van der Waals surface area (Å²) in [5.41, 5.74) is 8.96. The van der Waals surface area contributed by atoms with E-state index in [1.165, 1.54) is 0 Å². The number of anilines is 1. The van der Waals surface area contributed by atoms with Crippen LogP contribution < -0.4 is 25.6 Å². The molecule has 10 heteroatoms. The Morgan fingerprint density at radius 1 is 1.18 bits per heavy atom. The van der Waals surface area contributed by atoms with Crippen LogP contribution in [0, 0.1) is 0 Å². The summed E-state index contributed by atoms with van der Waals surface area (Å²) in [4.78, 5) is 23.9. The van der Waals surface area contributed by atoms with Gasteiger partial charge in [-0.3, -0.25) is 4.57 Å². The zero-order chi connectivity index (χ0) is 23.6. The summed E-state index contributed by atoms with van der Waals surface area (Å²) in [6, 6.07) is 8.20. The Kier molecular flexibility index (Phi) is 8.82. The number of nitrogens with zero attached hydrogens (tertiary/aromatic N) is 4. The number of carboxylic acid groups (broad SMARTS) is 1. The molecule has 0 saturated carbocycles. The van der Waals surface area contributed by atoms with E-state index in [0.29, 0.717) is 36.9 Å². The van der Waals surface area contributed by atoms with E-state index in [4.69, 9.17) is 15.2 Å². The molecule has 0 radical (unpaired) electrons. The van der Waals surface area contributed by atoms with Gasteiger partial charge in [-0.1, -0.05) is 37.6 Å². The molecule has 0 bridgehead atoms. The number of benzene rings is 1. The Balaban J connectivity index is 1.54. The van der Waals surface area contributed by atoms with E-state index >= 15 is 0 Å². The summed E-state index contributed by atoms with van der Waals surface area (Å²) in [5.74, 6) is -0.805. The number of fused-ring (bicyclic) bond motifs is 1. The zero-order valence-corrected chi connectivity index (χ0v) is 19.2. The number of methoxy groups -OCH3 is 1. The smallest absolute Gasteiger partial charge is 0.320 e. The van der Waals surface area contributed by atoms with Crippen molar-refractivity contribution in [1.82, 2.24) is 24.8 Å². The zero-order valence-electron chi connectivity index (χ0n) is 19.2. The number of imidazole rings is 1. The first-order valence-electron chi connectivity index (χ1n) is 11.2. The standard InChI is InChI=1S/C23H32N6O4/c1-3-4-12-33-22-27-20(24)19-21(28-22)29(23(26-19)32-2)11-6-5-10-25-15-17-9-7-8-16(13-17)14-18(30)31/h7-9,13,25H,3-6,10-12,14-15H2,1-2H3,(H,30,31)(H2,24,27,28)/p-1. The van der Waals surface area contributed by atoms with Gasteiger partial charge < -0.3 is 30.4 Å². The Morgan fingerprint density at radius 2 is 2.00 bits per heavy atom. The molecule has 0 unspecified atom stereocenters. The van der Waals surface area contributed by atoms with Gasteiger partial charge in [-0.25, -0.2) is 0 Å². The van der Waals surface area contributed by atoms with E-state index in [2.05, 4.69) is 27.2 Å². The van der Waals surface area contributed by atoms with Gasteiger partial charge in [0.1, 0.15) is 0 Å². The number of hydrogen-bond acceptors (Lipinski definition) is 9. The molecule has 0 aliphatic carbocycles. The molecule has 2 heterocycles. The van der Waals surface area contributed by atoms with Crippen molar-refractivity contribution in [1.29, 1.82) is 0 Å². The molecule has 2 aromatic heterocycles. The summed E-state index contributed by atoms with van der Waals surface area (Å²) >= 11 is 0. The number of hydrogen-bond donors (Lipinski definition) is 2. The molecule has 0 amide bonds. The molecular formula is C23H31N6O4-. The Hall–Kier alpha value is -3.40. The van der Waals surface area contributed by atoms with Crippen LogP contribution in [0.2, 0.25) is 0 Å². The fraction of sp³-hybridized carbons (Fsp3) is 0.478. The van der Waals surface area contributed by atoms with Gasteiger partial charge in [0.2, 0.25) is 0 Å². The van der Waals surface area contributed by atoms with Crippen molar-refractivity contribution in [3.05, 3.63) is 35.4 Å². The second kappa shape index (κ2) is 12.0. The van der Waals surface area contributed by atoms with Gasteiger partial charge in [0, 0.05) is 25.5 Å². The number of rotatable bonds is 14. The minimum Gasteiger partial charge on any atom is -0.550 e. The molecule has 3 N–H and O–H groups in total. The molecule has 10 nitrogen and oxygen atoms in total. The number of unbranched alkanes of at least 4 members (excludes halogenated alkanes) is 2. The third-order valence-electron chi connectivity index (χ3n) is 5.13. The lowest BCUT2D eigenvalue weighted by atomic mass is 10.1. The van der Waals surface area contributed by atoms with E-state index in [1.54, 1.807) is 13.2 Å². The van der Waals surface area contributed by atoms with Crippen LogP contribution in [0.3, 0.4) is 0 Å². The number of aromatic nitrogens is 4. The minimum atomic E-state index is -1.07. The highest BCUT2D eigenvalue weighted by atomic mass is 16.5. The van der Waals surface area contributed by atoms with E-state index in [1.807, 2.05) is 22.8 Å². The Labute approximate surface area is 193 Å². The number of carbonyl (C=O) groups is 1. The molecule has 3 rings (SSSR count). The van der Waals surface area contributed by atoms with E-state index in [-0.39, 0.29) is 18.2 Å². The molecule has 0 spiro atoms. The van der Waals surface area contributed by atoms with Crippen molar-refractivity contribution in [3.63, 3.8) is 0 Å². The second-order valence-corrected chi connectivity index (χ2v) is 7.77. The van der Waals surface area contributed by atoms with Crippen LogP contribution in [0.5, 0.6) is 12.0 Å². The van der Waals surface area contributed by atoms with Gasteiger partial charge in [-0.2, -0.15) is 15.0 Å². The predicted octanol–water partition coefficient (Wildman–Crippen LogP) is 1.46. The quantitative estimate of drug-likeness (QED) is 0.346. The molecule has 178 valence electrons. The van der Waals surface area contributed by atoms with Crippen molar-refractivity contribution < 1.29 is 19.4 Å². The molecule has 0 fully saturated rings. The SMILES string of the molecule is CCCCOc1nc(N)c2nc(OC)n(CCCCNCc3cccc(CC(=O)[O-])c3)c2n1. The number of carboxylic acids is 1. The molecule has 3 aromatic rings. The molecule has 1 aromatic carbocycles. The maximum Gasteiger partial charge on any atom is 0.320 e. The van der Waals surface area contributed by atoms with E-state index in [9.17, 15) is 9.90 Å². The first-order valence-corrected chi connectivity index (χ1v) is 11.2. The van der Waals surface area contributed by atoms with E-state index in [0.717, 1.165) is 43.4 Å². The number of nitrogens with one attached hydrogen (secondary N) is 1. The lowest BCUT2D eigenvalue weighted by Crippen LogP contribution is -2.24. The predicted molar refractivity (Wildman–Crippen MR) is 123 cm³/mol. The number of ether oxygens (including phenoxy) is 2. The number of nitrogen functional groups attached to an aromatic ring is 1. The van der Waals surface area contributed by atoms with Crippen molar-refractivity contribution in [2.45, 2.75) is 52.1 Å². The van der Waals surface area contributed by atoms with Crippen LogP contribution in [-0.4, -0.2) is 45.7 Å². The summed E-state index contributed by atoms with van der Waals surface area (Å²) < 4.78 is 12.9. The lowest BCUT2D eigenvalue weighted by molar-refractivity contribution is -0.304. The number of nitrogens with two attached hydrogens (primary N) is 1. The summed E-state index contributed by atoms with van der Waals surface area (Å²) in [7, 11) is 1.57. The van der Waals surface area contributed by atoms with Gasteiger partial charge in [0.25, 0.3) is 6.01 Å². The summed E-state index contributed by atoms with van der Waals surface area (Å²) in [5, 5.41) is 14.2. The van der Waals surface area contributed by atoms with Gasteiger partial charge in [0.05, 0.1) is 13.7 Å². The van der Waals surface area contributed by atoms with Crippen molar-refractivity contribution in [2.75, 3.05) is 26.0 Å². The van der Waals surface area contributed by atoms with E-state index < -0.39 is 5.97 Å². The third-order valence-corrected chi connectivity index (χ3v) is 5.13. The van der Waals surface area contributed by atoms with Crippen LogP contribution in [0.1, 0.15) is 43.7 Å². The fourth-order valence-corrected chi connectivity index (χ4v) is 3.48. The average Bonchev–Trinajstić information content (AvgIpc) is 3.14. The number of aliphatic carboxylic acids is 1. The first-order chi connectivity index (χ1) is 16.0. The van der Waals surface area contributed by atoms with Crippen molar-refractivity contribution in [3.8, 4) is 12.0 Å². The summed E-state index contributed by atoms with van der Waals surface area (Å²) in [6.07, 6.45) is 3.64. The van der Waals surface area contributed by atoms with Crippen LogP contribution in [0.15, 0.2) is 24.3 Å². The largest absolute Gasteiger partial charge is 0.550 e. The Morgan fingerprint density at radius 3 is 2.76 bits per heavy atom. The molecule has 0 atom stereocenters. The minimum absolute atomic E-state index is 0.0754. The van der Waals surface area contributed by atoms with Crippen LogP contribution in [0.25, 0.3) is 11.2 Å². The third kappa shape index (κ3) is 6.79. The lowest BCUT2D eigenvalue weighted by Gasteiger charge is -2.10. The van der Waals surface area contributed by atoms with Crippen LogP contribution in [0.4, 0.5) is 5.82 Å². The Bertz CT molecular complexity index is 1070. The molecule has 0 saturated heterocycles. The average molecular weight is 456 g/mol. The second-order valence-electron chi connectivity index (χ2n) is 7.77. The maximum atomic E-state index is 10.8. The first kappa shape index (κ1) is 24.2. The van der Waals surface area contributed by atoms with Crippen LogP contribution in [-0.2, 0) is 24.3 Å². The highest BCUT2D eigenvalue weighted by molar-refractivity contribution is 5.83. The summed E-state index contributed by atoms with van der Waals surface area (Å²) in [6.45, 7) is 4.76. The topological polar surface area (TPSA) is 140 Å². The molecule has 0 aliphatic rings. The highest BCUT2D eigenvalue weighted by Gasteiger charge is 2.17. The monoisotopic (exact) mass is 455 g/mol. The van der Waals surface area contributed by atoms with Gasteiger partial charge in [-0.05, 0) is 36.9 Å². The maximum absolute atomic E-state index is 10.8. The van der Waals surface area contributed by atoms with Crippen molar-refractivity contribution >= 4 is 23.0 Å². The molecule has 33 heavy (non-hydrogen) atoms. The number of aryl methyl sites for hydroxylation is 1. The number of carbonyl (C=O) groups excluding carboxylic acids is 1. The van der Waals surface area contributed by atoms with Gasteiger partial charge in [-0.15, -0.1) is 0 Å². The highest BCUT2D eigenvalue weighted by Crippen LogP contribution is 2.25. The molecular weight excluding hydrogens is 424 g/mol. The van der Waals surface area contributed by atoms with Gasteiger partial charge in [0.15, 0.2) is 17.0 Å². The van der Waals surface area contributed by atoms with Crippen LogP contribution >= 0.6 is 0 Å². The van der Waals surface area contributed by atoms with Crippen molar-refractivity contribution in [2.24, 2.45) is 0 Å². The normalized spacial score (nSPS) is 11.1. The fourth-order valence-electron chi connectivity index (χ4n) is 3.48.